The van der Waals surface area contributed by atoms with Crippen LogP contribution in [0.5, 0.6) is 11.5 Å². The summed E-state index contributed by atoms with van der Waals surface area (Å²) < 4.78 is 11.5. The van der Waals surface area contributed by atoms with Crippen molar-refractivity contribution >= 4 is 52.2 Å². The highest BCUT2D eigenvalue weighted by Crippen LogP contribution is 2.35. The fourth-order valence-electron chi connectivity index (χ4n) is 2.90. The molecule has 8 heteroatoms. The molecule has 1 saturated heterocycles. The molecule has 0 aromatic heterocycles. The minimum Gasteiger partial charge on any atom is -0.493 e. The zero-order valence-electron chi connectivity index (χ0n) is 16.2. The van der Waals surface area contributed by atoms with Gasteiger partial charge >= 0.3 is 6.03 Å². The van der Waals surface area contributed by atoms with E-state index in [-0.39, 0.29) is 12.2 Å². The second kappa shape index (κ2) is 9.00. The van der Waals surface area contributed by atoms with Crippen molar-refractivity contribution in [1.29, 1.82) is 0 Å². The first kappa shape index (κ1) is 21.4. The van der Waals surface area contributed by atoms with Gasteiger partial charge in [-0.2, -0.15) is 0 Å². The van der Waals surface area contributed by atoms with Gasteiger partial charge in [-0.3, -0.25) is 14.9 Å². The van der Waals surface area contributed by atoms with Gasteiger partial charge in [0.1, 0.15) is 12.2 Å². The molecular weight excluding hydrogens is 499 g/mol. The fraction of sp³-hybridized carbons (Fsp3) is 0.136. The molecule has 152 valence electrons. The highest BCUT2D eigenvalue weighted by molar-refractivity contribution is 14.1. The predicted molar refractivity (Wildman–Crippen MR) is 120 cm³/mol. The van der Waals surface area contributed by atoms with Crippen LogP contribution in [-0.2, 0) is 9.59 Å². The number of halogens is 1. The first-order valence-electron chi connectivity index (χ1n) is 8.77. The lowest BCUT2D eigenvalue weighted by molar-refractivity contribution is -0.122. The molecule has 30 heavy (non-hydrogen) atoms. The highest BCUT2D eigenvalue weighted by atomic mass is 127. The highest BCUT2D eigenvalue weighted by Gasteiger charge is 2.36. The topological polar surface area (TPSA) is 84.9 Å². The van der Waals surface area contributed by atoms with Gasteiger partial charge in [0.15, 0.2) is 11.5 Å². The van der Waals surface area contributed by atoms with Gasteiger partial charge < -0.3 is 9.47 Å². The number of urea groups is 1. The van der Waals surface area contributed by atoms with Crippen molar-refractivity contribution in [3.63, 3.8) is 0 Å². The van der Waals surface area contributed by atoms with Crippen LogP contribution in [0.1, 0.15) is 11.1 Å². The Balaban J connectivity index is 2.02. The van der Waals surface area contributed by atoms with Crippen LogP contribution in [0.3, 0.4) is 0 Å². The summed E-state index contributed by atoms with van der Waals surface area (Å²) in [5.74, 6) is 1.78. The summed E-state index contributed by atoms with van der Waals surface area (Å²) >= 11 is 2.05. The van der Waals surface area contributed by atoms with Crippen LogP contribution < -0.4 is 19.7 Å². The van der Waals surface area contributed by atoms with E-state index in [4.69, 9.17) is 15.9 Å². The molecule has 4 amide bonds. The number of nitrogens with one attached hydrogen (secondary N) is 1. The van der Waals surface area contributed by atoms with Crippen molar-refractivity contribution in [3.8, 4) is 23.8 Å². The van der Waals surface area contributed by atoms with Gasteiger partial charge in [-0.15, -0.1) is 6.42 Å². The molecule has 0 spiro atoms. The Bertz CT molecular complexity index is 1120. The molecule has 1 N–H and O–H groups in total. The molecule has 3 rings (SSSR count). The first-order chi connectivity index (χ1) is 14.3. The molecule has 1 heterocycles. The number of hydrogen-bond donors (Lipinski definition) is 1. The maximum atomic E-state index is 13.0. The number of benzene rings is 2. The van der Waals surface area contributed by atoms with E-state index in [9.17, 15) is 14.4 Å². The molecule has 0 unspecified atom stereocenters. The van der Waals surface area contributed by atoms with Crippen LogP contribution in [0.2, 0.25) is 0 Å². The lowest BCUT2D eigenvalue weighted by Crippen LogP contribution is -2.54. The molecular formula is C22H17IN2O5. The van der Waals surface area contributed by atoms with E-state index in [1.165, 1.54) is 13.2 Å². The summed E-state index contributed by atoms with van der Waals surface area (Å²) in [7, 11) is 1.47. The van der Waals surface area contributed by atoms with E-state index in [0.717, 1.165) is 10.5 Å². The first-order valence-corrected chi connectivity index (χ1v) is 9.85. The van der Waals surface area contributed by atoms with E-state index < -0.39 is 17.8 Å². The van der Waals surface area contributed by atoms with Crippen molar-refractivity contribution in [2.75, 3.05) is 18.6 Å². The number of carbonyl (C=O) groups excluding carboxylic acids is 3. The SMILES string of the molecule is C#CCOc1c(I)cc(/C=C2\C(=O)NC(=O)N(c3cccc(C)c3)C2=O)cc1OC. The second-order valence-corrected chi connectivity index (χ2v) is 7.49. The van der Waals surface area contributed by atoms with Gasteiger partial charge in [0.05, 0.1) is 16.4 Å². The summed E-state index contributed by atoms with van der Waals surface area (Å²) in [6.07, 6.45) is 6.65. The number of aryl methyl sites for hydroxylation is 1. The molecule has 0 bridgehead atoms. The quantitative estimate of drug-likeness (QED) is 0.286. The Kier molecular flexibility index (Phi) is 6.42. The normalized spacial score (nSPS) is 15.1. The Morgan fingerprint density at radius 3 is 2.67 bits per heavy atom. The number of hydrogen-bond acceptors (Lipinski definition) is 5. The van der Waals surface area contributed by atoms with E-state index in [0.29, 0.717) is 26.3 Å². The number of ether oxygens (including phenoxy) is 2. The third-order valence-electron chi connectivity index (χ3n) is 4.22. The van der Waals surface area contributed by atoms with Crippen molar-refractivity contribution in [2.45, 2.75) is 6.92 Å². The second-order valence-electron chi connectivity index (χ2n) is 6.32. The average molecular weight is 516 g/mol. The van der Waals surface area contributed by atoms with Crippen molar-refractivity contribution in [2.24, 2.45) is 0 Å². The van der Waals surface area contributed by atoms with Crippen LogP contribution in [0.25, 0.3) is 6.08 Å². The Morgan fingerprint density at radius 1 is 1.23 bits per heavy atom. The molecule has 0 aliphatic carbocycles. The Hall–Kier alpha value is -3.32. The number of imide groups is 2. The van der Waals surface area contributed by atoms with Crippen molar-refractivity contribution < 1.29 is 23.9 Å². The van der Waals surface area contributed by atoms with Gasteiger partial charge in [-0.25, -0.2) is 9.69 Å². The third-order valence-corrected chi connectivity index (χ3v) is 5.03. The molecule has 7 nitrogen and oxygen atoms in total. The minimum absolute atomic E-state index is 0.0707. The molecule has 0 atom stereocenters. The molecule has 0 radical (unpaired) electrons. The number of terminal acetylenes is 1. The van der Waals surface area contributed by atoms with Crippen LogP contribution in [0.15, 0.2) is 42.0 Å². The summed E-state index contributed by atoms with van der Waals surface area (Å²) in [6.45, 7) is 1.91. The van der Waals surface area contributed by atoms with Crippen molar-refractivity contribution in [1.82, 2.24) is 5.32 Å². The molecule has 0 saturated carbocycles. The molecule has 1 fully saturated rings. The van der Waals surface area contributed by atoms with E-state index in [1.807, 2.05) is 35.6 Å². The number of rotatable bonds is 5. The Labute approximate surface area is 187 Å². The number of barbiturate groups is 1. The maximum Gasteiger partial charge on any atom is 0.335 e. The largest absolute Gasteiger partial charge is 0.493 e. The third kappa shape index (κ3) is 4.31. The molecule has 1 aliphatic heterocycles. The standard InChI is InChI=1S/C22H17IN2O5/c1-4-8-30-19-17(23)11-14(12-18(19)29-3)10-16-20(26)24-22(28)25(21(16)27)15-7-5-6-13(2)9-15/h1,5-7,9-12H,8H2,2-3H3,(H,24,26,28)/b16-10+. The zero-order chi connectivity index (χ0) is 21.8. The van der Waals surface area contributed by atoms with E-state index in [2.05, 4.69) is 11.2 Å². The zero-order valence-corrected chi connectivity index (χ0v) is 18.3. The number of carbonyl (C=O) groups is 3. The summed E-state index contributed by atoms with van der Waals surface area (Å²) in [6, 6.07) is 9.43. The van der Waals surface area contributed by atoms with Gasteiger partial charge in [0, 0.05) is 0 Å². The number of methoxy groups -OCH3 is 1. The van der Waals surface area contributed by atoms with Crippen LogP contribution in [-0.4, -0.2) is 31.6 Å². The van der Waals surface area contributed by atoms with E-state index in [1.54, 1.807) is 30.3 Å². The number of amides is 4. The smallest absolute Gasteiger partial charge is 0.335 e. The van der Waals surface area contributed by atoms with Crippen LogP contribution >= 0.6 is 22.6 Å². The maximum absolute atomic E-state index is 13.0. The molecule has 2 aromatic carbocycles. The van der Waals surface area contributed by atoms with Gasteiger partial charge in [0.2, 0.25) is 0 Å². The van der Waals surface area contributed by atoms with Crippen molar-refractivity contribution in [3.05, 3.63) is 56.7 Å². The van der Waals surface area contributed by atoms with Gasteiger partial charge in [-0.1, -0.05) is 18.1 Å². The van der Waals surface area contributed by atoms with E-state index >= 15 is 0 Å². The molecule has 1 aliphatic rings. The number of nitrogens with zero attached hydrogens (tertiary/aromatic N) is 1. The lowest BCUT2D eigenvalue weighted by atomic mass is 10.1. The molecule has 2 aromatic rings. The summed E-state index contributed by atoms with van der Waals surface area (Å²) in [5.41, 5.74) is 1.60. The van der Waals surface area contributed by atoms with Crippen LogP contribution in [0, 0.1) is 22.8 Å². The van der Waals surface area contributed by atoms with Crippen LogP contribution in [0.4, 0.5) is 10.5 Å². The van der Waals surface area contributed by atoms with Gasteiger partial charge in [-0.05, 0) is 71.0 Å². The monoisotopic (exact) mass is 516 g/mol. The lowest BCUT2D eigenvalue weighted by Gasteiger charge is -2.26. The average Bonchev–Trinajstić information content (AvgIpc) is 2.70. The van der Waals surface area contributed by atoms with Gasteiger partial charge in [0.25, 0.3) is 11.8 Å². The summed E-state index contributed by atoms with van der Waals surface area (Å²) in [4.78, 5) is 38.6. The minimum atomic E-state index is -0.794. The summed E-state index contributed by atoms with van der Waals surface area (Å²) in [5, 5.41) is 2.21. The predicted octanol–water partition coefficient (Wildman–Crippen LogP) is 3.29. The number of anilines is 1. The Morgan fingerprint density at radius 2 is 2.00 bits per heavy atom. The fourth-order valence-corrected chi connectivity index (χ4v) is 3.68.